The number of carbonyl (C=O) groups excluding carboxylic acids is 2. The molecular formula is C25H19FN2O3S. The number of alkyl halides is 1. The normalized spacial score (nSPS) is 12.1. The van der Waals surface area contributed by atoms with E-state index < -0.39 is 6.86 Å². The second-order valence-corrected chi connectivity index (χ2v) is 7.91. The predicted molar refractivity (Wildman–Crippen MR) is 123 cm³/mol. The van der Waals surface area contributed by atoms with Gasteiger partial charge in [0.1, 0.15) is 5.75 Å². The molecule has 2 amide bonds. The number of nitrogens with one attached hydrogen (secondary N) is 1. The van der Waals surface area contributed by atoms with Gasteiger partial charge in [0.15, 0.2) is 0 Å². The van der Waals surface area contributed by atoms with Crippen LogP contribution in [0.15, 0.2) is 76.5 Å². The molecule has 0 saturated heterocycles. The number of ether oxygens (including phenoxy) is 1. The Kier molecular flexibility index (Phi) is 6.43. The van der Waals surface area contributed by atoms with E-state index in [0.717, 1.165) is 15.5 Å². The van der Waals surface area contributed by atoms with Crippen LogP contribution in [0, 0.1) is 11.8 Å². The minimum Gasteiger partial charge on any atom is -0.463 e. The molecule has 0 atom stereocenters. The molecule has 4 rings (SSSR count). The minimum atomic E-state index is -0.926. The molecule has 0 unspecified atom stereocenters. The summed E-state index contributed by atoms with van der Waals surface area (Å²) in [5.74, 6) is 5.75. The number of carbonyl (C=O) groups is 2. The van der Waals surface area contributed by atoms with Crippen LogP contribution >= 0.6 is 11.8 Å². The molecule has 3 aromatic carbocycles. The van der Waals surface area contributed by atoms with E-state index in [1.165, 1.54) is 23.9 Å². The van der Waals surface area contributed by atoms with Gasteiger partial charge in [-0.15, -0.1) is 5.92 Å². The molecule has 0 spiro atoms. The Morgan fingerprint density at radius 3 is 2.62 bits per heavy atom. The fourth-order valence-corrected chi connectivity index (χ4v) is 4.40. The molecule has 3 aromatic rings. The lowest BCUT2D eigenvalue weighted by atomic mass is 10.1. The summed E-state index contributed by atoms with van der Waals surface area (Å²) in [7, 11) is 0. The zero-order valence-electron chi connectivity index (χ0n) is 17.2. The SMILES string of the molecule is CC#CCN1C(=O)c2ccccc2Sc2cc(NC(=O)c3ccc(OCF)cc3)ccc21. The van der Waals surface area contributed by atoms with Crippen molar-refractivity contribution in [2.45, 2.75) is 16.7 Å². The van der Waals surface area contributed by atoms with Gasteiger partial charge in [-0.2, -0.15) is 0 Å². The van der Waals surface area contributed by atoms with Crippen molar-refractivity contribution in [1.82, 2.24) is 0 Å². The van der Waals surface area contributed by atoms with E-state index in [9.17, 15) is 14.0 Å². The topological polar surface area (TPSA) is 58.6 Å². The third-order valence-electron chi connectivity index (χ3n) is 4.84. The zero-order valence-corrected chi connectivity index (χ0v) is 18.0. The standard InChI is InChI=1S/C25H19FN2O3S/c1-2-3-14-28-21-13-10-18(27-24(29)17-8-11-19(12-9-17)31-16-26)15-23(21)32-22-7-5-4-6-20(22)25(28)30/h4-13,15H,14,16H2,1H3,(H,27,29). The maximum absolute atomic E-state index is 13.2. The predicted octanol–water partition coefficient (Wildman–Crippen LogP) is 5.38. The highest BCUT2D eigenvalue weighted by Crippen LogP contribution is 2.42. The molecule has 5 nitrogen and oxygen atoms in total. The fraction of sp³-hybridized carbons (Fsp3) is 0.120. The van der Waals surface area contributed by atoms with Crippen molar-refractivity contribution < 1.29 is 18.7 Å². The number of nitrogens with zero attached hydrogens (tertiary/aromatic N) is 1. The van der Waals surface area contributed by atoms with Gasteiger partial charge >= 0.3 is 0 Å². The first-order chi connectivity index (χ1) is 15.6. The summed E-state index contributed by atoms with van der Waals surface area (Å²) >= 11 is 1.47. The average molecular weight is 447 g/mol. The Morgan fingerprint density at radius 2 is 1.88 bits per heavy atom. The molecule has 0 bridgehead atoms. The minimum absolute atomic E-state index is 0.109. The van der Waals surface area contributed by atoms with Crippen LogP contribution in [0.2, 0.25) is 0 Å². The van der Waals surface area contributed by atoms with Crippen LogP contribution in [0.1, 0.15) is 27.6 Å². The van der Waals surface area contributed by atoms with Crippen LogP contribution in [0.5, 0.6) is 5.75 Å². The van der Waals surface area contributed by atoms with Crippen molar-refractivity contribution in [1.29, 1.82) is 0 Å². The summed E-state index contributed by atoms with van der Waals surface area (Å²) in [6, 6.07) is 19.1. The van der Waals surface area contributed by atoms with Crippen molar-refractivity contribution in [2.24, 2.45) is 0 Å². The number of amides is 2. The van der Waals surface area contributed by atoms with Crippen LogP contribution < -0.4 is 15.0 Å². The molecule has 1 aliphatic rings. The lowest BCUT2D eigenvalue weighted by Crippen LogP contribution is -2.31. The van der Waals surface area contributed by atoms with Crippen LogP contribution in [-0.2, 0) is 0 Å². The van der Waals surface area contributed by atoms with Crippen molar-refractivity contribution in [2.75, 3.05) is 23.6 Å². The van der Waals surface area contributed by atoms with E-state index >= 15 is 0 Å². The summed E-state index contributed by atoms with van der Waals surface area (Å²) in [5, 5.41) is 2.87. The number of halogens is 1. The van der Waals surface area contributed by atoms with Crippen molar-refractivity contribution in [3.8, 4) is 17.6 Å². The van der Waals surface area contributed by atoms with Gasteiger partial charge in [0, 0.05) is 21.0 Å². The van der Waals surface area contributed by atoms with Crippen molar-refractivity contribution >= 4 is 35.0 Å². The van der Waals surface area contributed by atoms with Crippen LogP contribution in [0.4, 0.5) is 15.8 Å². The number of fused-ring (bicyclic) bond motifs is 2. The van der Waals surface area contributed by atoms with Gasteiger partial charge in [0.2, 0.25) is 6.86 Å². The number of benzene rings is 3. The summed E-state index contributed by atoms with van der Waals surface area (Å²) in [6.45, 7) is 1.09. The molecule has 0 aromatic heterocycles. The summed E-state index contributed by atoms with van der Waals surface area (Å²) < 4.78 is 17.0. The van der Waals surface area contributed by atoms with Gasteiger partial charge in [0.05, 0.1) is 17.8 Å². The third kappa shape index (κ3) is 4.46. The first-order valence-corrected chi connectivity index (χ1v) is 10.6. The average Bonchev–Trinajstić information content (AvgIpc) is 2.92. The quantitative estimate of drug-likeness (QED) is 0.535. The molecule has 7 heteroatoms. The molecule has 32 heavy (non-hydrogen) atoms. The highest BCUT2D eigenvalue weighted by Gasteiger charge is 2.27. The second kappa shape index (κ2) is 9.58. The Morgan fingerprint density at radius 1 is 1.09 bits per heavy atom. The van der Waals surface area contributed by atoms with E-state index in [4.69, 9.17) is 4.74 Å². The molecule has 1 N–H and O–H groups in total. The Balaban J connectivity index is 1.64. The molecular weight excluding hydrogens is 427 g/mol. The Hall–Kier alpha value is -3.76. The third-order valence-corrected chi connectivity index (χ3v) is 5.97. The molecule has 160 valence electrons. The lowest BCUT2D eigenvalue weighted by molar-refractivity contribution is 0.0985. The fourth-order valence-electron chi connectivity index (χ4n) is 3.29. The first kappa shape index (κ1) is 21.5. The molecule has 0 radical (unpaired) electrons. The summed E-state index contributed by atoms with van der Waals surface area (Å²) in [4.78, 5) is 29.2. The van der Waals surface area contributed by atoms with Gasteiger partial charge < -0.3 is 10.1 Å². The van der Waals surface area contributed by atoms with Gasteiger partial charge in [-0.05, 0) is 61.5 Å². The van der Waals surface area contributed by atoms with Gasteiger partial charge in [0.25, 0.3) is 11.8 Å². The largest absolute Gasteiger partial charge is 0.463 e. The summed E-state index contributed by atoms with van der Waals surface area (Å²) in [6.07, 6.45) is 0. The van der Waals surface area contributed by atoms with Crippen molar-refractivity contribution in [3.05, 3.63) is 77.9 Å². The second-order valence-electron chi connectivity index (χ2n) is 6.83. The molecule has 1 heterocycles. The number of rotatable bonds is 5. The van der Waals surface area contributed by atoms with E-state index in [-0.39, 0.29) is 18.4 Å². The highest BCUT2D eigenvalue weighted by molar-refractivity contribution is 7.99. The molecule has 0 fully saturated rings. The molecule has 0 saturated carbocycles. The van der Waals surface area contributed by atoms with E-state index in [2.05, 4.69) is 17.2 Å². The van der Waals surface area contributed by atoms with E-state index in [1.54, 1.807) is 30.0 Å². The highest BCUT2D eigenvalue weighted by atomic mass is 32.2. The molecule has 0 aliphatic carbocycles. The summed E-state index contributed by atoms with van der Waals surface area (Å²) in [5.41, 5.74) is 2.37. The van der Waals surface area contributed by atoms with Gasteiger partial charge in [-0.1, -0.05) is 29.8 Å². The Bertz CT molecular complexity index is 1230. The lowest BCUT2D eigenvalue weighted by Gasteiger charge is -2.21. The number of hydrogen-bond donors (Lipinski definition) is 1. The number of anilines is 2. The first-order valence-electron chi connectivity index (χ1n) is 9.83. The Labute approximate surface area is 189 Å². The monoisotopic (exact) mass is 446 g/mol. The maximum atomic E-state index is 13.2. The van der Waals surface area contributed by atoms with Crippen molar-refractivity contribution in [3.63, 3.8) is 0 Å². The van der Waals surface area contributed by atoms with Gasteiger partial charge in [-0.3, -0.25) is 14.5 Å². The zero-order chi connectivity index (χ0) is 22.5. The number of hydrogen-bond acceptors (Lipinski definition) is 4. The van der Waals surface area contributed by atoms with Crippen LogP contribution in [0.25, 0.3) is 0 Å². The molecule has 1 aliphatic heterocycles. The van der Waals surface area contributed by atoms with Crippen LogP contribution in [-0.4, -0.2) is 25.2 Å². The van der Waals surface area contributed by atoms with E-state index in [1.807, 2.05) is 36.4 Å². The van der Waals surface area contributed by atoms with Gasteiger partial charge in [-0.25, -0.2) is 4.39 Å². The van der Waals surface area contributed by atoms with Crippen LogP contribution in [0.3, 0.4) is 0 Å². The van der Waals surface area contributed by atoms with E-state index in [0.29, 0.717) is 22.6 Å². The smallest absolute Gasteiger partial charge is 0.260 e. The maximum Gasteiger partial charge on any atom is 0.260 e.